The van der Waals surface area contributed by atoms with Gasteiger partial charge in [0.2, 0.25) is 29.5 Å². The van der Waals surface area contributed by atoms with Crippen LogP contribution in [0.25, 0.3) is 10.9 Å². The number of carbonyl (C=O) groups excluding carboxylic acids is 5. The Bertz CT molecular complexity index is 1780. The van der Waals surface area contributed by atoms with Crippen LogP contribution in [0.3, 0.4) is 0 Å². The number of carboxylic acids is 1. The number of carbonyl (C=O) groups is 6. The molecule has 1 aromatic heterocycles. The molecule has 328 valence electrons. The number of thioether (sulfide) groups is 1. The predicted molar refractivity (Wildman–Crippen MR) is 230 cm³/mol. The zero-order valence-corrected chi connectivity index (χ0v) is 36.0. The Morgan fingerprint density at radius 1 is 0.915 bits per heavy atom. The third kappa shape index (κ3) is 14.7. The van der Waals surface area contributed by atoms with Crippen molar-refractivity contribution in [2.75, 3.05) is 31.8 Å². The summed E-state index contributed by atoms with van der Waals surface area (Å²) in [6.45, 7) is 9.67. The molecule has 0 spiro atoms. The largest absolute Gasteiger partial charge is 0.480 e. The molecule has 19 heteroatoms. The summed E-state index contributed by atoms with van der Waals surface area (Å²) in [4.78, 5) is 90.6. The monoisotopic (exact) mass is 843 g/mol. The number of H-pyrrole nitrogens is 1. The number of amides is 5. The number of para-hydroxylation sites is 1. The zero-order chi connectivity index (χ0) is 43.9. The summed E-state index contributed by atoms with van der Waals surface area (Å²) in [6, 6.07) is 1.40. The highest BCUT2D eigenvalue weighted by atomic mass is 32.2. The van der Waals surface area contributed by atoms with Gasteiger partial charge in [0.1, 0.15) is 30.2 Å². The number of hydrogen-bond donors (Lipinski definition) is 10. The fraction of sp³-hybridized carbons (Fsp3) is 0.625. The number of guanidine groups is 1. The number of nitrogens with one attached hydrogen (secondary N) is 6. The molecule has 1 fully saturated rings. The Labute approximate surface area is 350 Å². The fourth-order valence-corrected chi connectivity index (χ4v) is 8.04. The fourth-order valence-electron chi connectivity index (χ4n) is 6.87. The van der Waals surface area contributed by atoms with Crippen LogP contribution in [0.5, 0.6) is 0 Å². The van der Waals surface area contributed by atoms with Gasteiger partial charge in [-0.2, -0.15) is 0 Å². The first-order valence-corrected chi connectivity index (χ1v) is 21.3. The van der Waals surface area contributed by atoms with E-state index in [1.54, 1.807) is 34.0 Å². The number of rotatable bonds is 23. The van der Waals surface area contributed by atoms with Crippen LogP contribution in [0.15, 0.2) is 35.5 Å². The maximum absolute atomic E-state index is 14.3. The van der Waals surface area contributed by atoms with E-state index in [-0.39, 0.29) is 42.3 Å². The summed E-state index contributed by atoms with van der Waals surface area (Å²) in [5.41, 5.74) is 17.3. The Kier molecular flexibility index (Phi) is 18.9. The molecule has 0 radical (unpaired) electrons. The van der Waals surface area contributed by atoms with Gasteiger partial charge in [-0.15, -0.1) is 11.8 Å². The van der Waals surface area contributed by atoms with Crippen molar-refractivity contribution < 1.29 is 33.9 Å². The highest BCUT2D eigenvalue weighted by Crippen LogP contribution is 2.25. The molecule has 0 unspecified atom stereocenters. The van der Waals surface area contributed by atoms with E-state index >= 15 is 0 Å². The number of carboxylic acid groups (broad SMARTS) is 1. The van der Waals surface area contributed by atoms with Crippen LogP contribution >= 0.6 is 11.8 Å². The summed E-state index contributed by atoms with van der Waals surface area (Å²) < 4.78 is 0. The standard InChI is InChI=1S/C40H65N11O7S/c1-23(2)18-30(38(57)58)49-36(55)32(40(3,4)5)50-34(53)29(19-24-20-46-26-13-8-7-12-25(24)26)48-35(54)31-21-59-22-51(31)37(56)28(14-9-10-16-41)47-33(52)27(44-6)15-11-17-45-39(42)43/h7-8,12-13,20,23,27-32,44,46H,9-11,14-19,21-22,41H2,1-6H3,(H,47,52)(H,48,54)(H,49,55)(H,50,53)(H,57,58)(H4,42,43,45)/t27-,28-,29-,30-,31-,32+/m0/s1. The molecule has 0 aliphatic carbocycles. The highest BCUT2D eigenvalue weighted by Gasteiger charge is 2.41. The van der Waals surface area contributed by atoms with Gasteiger partial charge in [0.05, 0.1) is 11.9 Å². The van der Waals surface area contributed by atoms with Crippen molar-refractivity contribution in [1.82, 2.24) is 36.5 Å². The molecule has 6 atom stereocenters. The Hall–Kier alpha value is -4.88. The van der Waals surface area contributed by atoms with E-state index in [1.807, 2.05) is 38.1 Å². The number of likely N-dealkylation sites (N-methyl/N-ethyl adjacent to an activating group) is 1. The van der Waals surface area contributed by atoms with Crippen LogP contribution in [0.4, 0.5) is 0 Å². The van der Waals surface area contributed by atoms with Crippen LogP contribution in [-0.2, 0) is 35.2 Å². The van der Waals surface area contributed by atoms with E-state index < -0.39 is 71.3 Å². The van der Waals surface area contributed by atoms with Crippen LogP contribution in [0, 0.1) is 11.3 Å². The molecule has 0 saturated carbocycles. The summed E-state index contributed by atoms with van der Waals surface area (Å²) in [6.07, 6.45) is 4.37. The van der Waals surface area contributed by atoms with Crippen LogP contribution in [-0.4, -0.2) is 124 Å². The van der Waals surface area contributed by atoms with Crippen molar-refractivity contribution in [2.45, 2.75) is 116 Å². The zero-order valence-electron chi connectivity index (χ0n) is 35.1. The molecule has 5 amide bonds. The van der Waals surface area contributed by atoms with E-state index in [9.17, 15) is 33.9 Å². The Balaban J connectivity index is 1.89. The first-order chi connectivity index (χ1) is 27.9. The van der Waals surface area contributed by atoms with Crippen LogP contribution in [0.2, 0.25) is 0 Å². The number of aliphatic imine (C=N–C) groups is 1. The summed E-state index contributed by atoms with van der Waals surface area (Å²) >= 11 is 1.37. The lowest BCUT2D eigenvalue weighted by molar-refractivity contribution is -0.143. The Morgan fingerprint density at radius 2 is 1.58 bits per heavy atom. The molecule has 3 rings (SSSR count). The van der Waals surface area contributed by atoms with Crippen molar-refractivity contribution >= 4 is 64.1 Å². The van der Waals surface area contributed by atoms with Gasteiger partial charge in [0.15, 0.2) is 5.96 Å². The van der Waals surface area contributed by atoms with Crippen molar-refractivity contribution in [2.24, 2.45) is 33.5 Å². The third-order valence-electron chi connectivity index (χ3n) is 10.1. The first-order valence-electron chi connectivity index (χ1n) is 20.2. The van der Waals surface area contributed by atoms with E-state index in [0.717, 1.165) is 16.5 Å². The minimum absolute atomic E-state index is 0.0225. The van der Waals surface area contributed by atoms with Crippen LogP contribution in [0.1, 0.15) is 78.7 Å². The van der Waals surface area contributed by atoms with E-state index in [4.69, 9.17) is 17.2 Å². The second-order valence-electron chi connectivity index (χ2n) is 16.4. The molecule has 2 heterocycles. The van der Waals surface area contributed by atoms with Gasteiger partial charge in [-0.3, -0.25) is 29.0 Å². The van der Waals surface area contributed by atoms with Gasteiger partial charge in [0.25, 0.3) is 0 Å². The van der Waals surface area contributed by atoms with Crippen molar-refractivity contribution in [3.63, 3.8) is 0 Å². The first kappa shape index (κ1) is 48.5. The maximum atomic E-state index is 14.3. The molecule has 1 aliphatic rings. The minimum atomic E-state index is -1.21. The third-order valence-corrected chi connectivity index (χ3v) is 11.1. The minimum Gasteiger partial charge on any atom is -0.480 e. The lowest BCUT2D eigenvalue weighted by Crippen LogP contribution is -2.61. The number of aliphatic carboxylic acids is 1. The normalized spacial score (nSPS) is 16.7. The van der Waals surface area contributed by atoms with Crippen molar-refractivity contribution in [3.05, 3.63) is 36.0 Å². The second kappa shape index (κ2) is 23.1. The number of fused-ring (bicyclic) bond motifs is 1. The number of hydrogen-bond acceptors (Lipinski definition) is 10. The maximum Gasteiger partial charge on any atom is 0.326 e. The number of nitrogens with two attached hydrogens (primary N) is 3. The molecule has 1 aliphatic heterocycles. The molecule has 18 nitrogen and oxygen atoms in total. The van der Waals surface area contributed by atoms with E-state index in [0.29, 0.717) is 45.2 Å². The molecule has 2 aromatic rings. The average Bonchev–Trinajstić information content (AvgIpc) is 3.83. The van der Waals surface area contributed by atoms with Gasteiger partial charge < -0.3 is 58.8 Å². The SMILES string of the molecule is CN[C@@H](CCCN=C(N)N)C(=O)N[C@@H](CCCCN)C(=O)N1CSC[C@H]1C(=O)N[C@@H](Cc1c[nH]c2ccccc12)C(=O)N[C@H](C(=O)N[C@@H](CC(C)C)C(=O)O)C(C)(C)C. The smallest absolute Gasteiger partial charge is 0.326 e. The van der Waals surface area contributed by atoms with E-state index in [2.05, 4.69) is 36.6 Å². The van der Waals surface area contributed by atoms with Gasteiger partial charge in [-0.25, -0.2) is 4.79 Å². The predicted octanol–water partition coefficient (Wildman–Crippen LogP) is 0.499. The van der Waals surface area contributed by atoms with Gasteiger partial charge in [0, 0.05) is 35.8 Å². The van der Waals surface area contributed by atoms with Crippen molar-refractivity contribution in [1.29, 1.82) is 0 Å². The lowest BCUT2D eigenvalue weighted by Gasteiger charge is -2.33. The number of aromatic amines is 1. The van der Waals surface area contributed by atoms with Gasteiger partial charge in [-0.05, 0) is 75.1 Å². The second-order valence-corrected chi connectivity index (χ2v) is 17.4. The van der Waals surface area contributed by atoms with E-state index in [1.165, 1.54) is 16.7 Å². The summed E-state index contributed by atoms with van der Waals surface area (Å²) in [7, 11) is 1.64. The molecule has 59 heavy (non-hydrogen) atoms. The van der Waals surface area contributed by atoms with Gasteiger partial charge >= 0.3 is 5.97 Å². The lowest BCUT2D eigenvalue weighted by atomic mass is 9.85. The Morgan fingerprint density at radius 3 is 2.20 bits per heavy atom. The quantitative estimate of drug-likeness (QED) is 0.0416. The number of benzene rings is 1. The molecule has 13 N–H and O–H groups in total. The molecular formula is C40H65N11O7S. The van der Waals surface area contributed by atoms with Crippen LogP contribution < -0.4 is 43.8 Å². The molecule has 0 bridgehead atoms. The number of nitrogens with zero attached hydrogens (tertiary/aromatic N) is 2. The van der Waals surface area contributed by atoms with Crippen molar-refractivity contribution in [3.8, 4) is 0 Å². The average molecular weight is 844 g/mol. The molecule has 1 aromatic carbocycles. The summed E-state index contributed by atoms with van der Waals surface area (Å²) in [5, 5.41) is 24.8. The number of aromatic nitrogens is 1. The van der Waals surface area contributed by atoms with Gasteiger partial charge in [-0.1, -0.05) is 52.8 Å². The number of unbranched alkanes of at least 4 members (excludes halogenated alkanes) is 1. The highest BCUT2D eigenvalue weighted by molar-refractivity contribution is 7.99. The topological polar surface area (TPSA) is 292 Å². The molecule has 1 saturated heterocycles. The molecular weight excluding hydrogens is 779 g/mol. The summed E-state index contributed by atoms with van der Waals surface area (Å²) in [5.74, 6) is -3.57.